The summed E-state index contributed by atoms with van der Waals surface area (Å²) in [6.45, 7) is 2.63. The summed E-state index contributed by atoms with van der Waals surface area (Å²) in [6.07, 6.45) is 3.52. The highest BCUT2D eigenvalue weighted by molar-refractivity contribution is 5.86. The lowest BCUT2D eigenvalue weighted by molar-refractivity contribution is -0.155. The summed E-state index contributed by atoms with van der Waals surface area (Å²) >= 11 is 0. The zero-order valence-corrected chi connectivity index (χ0v) is 15.5. The number of piperidine rings is 1. The van der Waals surface area contributed by atoms with Crippen molar-refractivity contribution >= 4 is 24.2 Å². The number of amides is 3. The minimum atomic E-state index is -0.567. The predicted molar refractivity (Wildman–Crippen MR) is 91.9 cm³/mol. The predicted octanol–water partition coefficient (Wildman–Crippen LogP) is 0.168. The van der Waals surface area contributed by atoms with E-state index in [1.807, 2.05) is 6.92 Å². The van der Waals surface area contributed by atoms with Gasteiger partial charge in [-0.25, -0.2) is 5.06 Å². The number of nitrogens with one attached hydrogen (secondary N) is 1. The quantitative estimate of drug-likeness (QED) is 0.245. The summed E-state index contributed by atoms with van der Waals surface area (Å²) in [5.41, 5.74) is 0. The van der Waals surface area contributed by atoms with E-state index in [4.69, 9.17) is 4.74 Å². The molecule has 0 aromatic carbocycles. The molecule has 1 heterocycles. The second kappa shape index (κ2) is 11.5. The van der Waals surface area contributed by atoms with E-state index in [2.05, 4.69) is 5.32 Å². The largest absolute Gasteiger partial charge is 0.469 e. The maximum Gasteiger partial charge on any atom is 0.308 e. The van der Waals surface area contributed by atoms with Gasteiger partial charge in [0, 0.05) is 13.1 Å². The number of hydrogen-bond donors (Lipinski definition) is 2. The van der Waals surface area contributed by atoms with Gasteiger partial charge in [-0.15, -0.1) is 0 Å². The third-order valence-electron chi connectivity index (χ3n) is 4.60. The molecule has 9 nitrogen and oxygen atoms in total. The van der Waals surface area contributed by atoms with Gasteiger partial charge in [0.2, 0.25) is 18.2 Å². The second-order valence-electron chi connectivity index (χ2n) is 6.46. The van der Waals surface area contributed by atoms with Crippen molar-refractivity contribution in [3.05, 3.63) is 0 Å². The number of methoxy groups -OCH3 is 1. The normalized spacial score (nSPS) is 15.9. The van der Waals surface area contributed by atoms with E-state index >= 15 is 0 Å². The molecule has 1 aliphatic heterocycles. The molecule has 148 valence electrons. The van der Waals surface area contributed by atoms with Crippen molar-refractivity contribution < 1.29 is 29.1 Å². The van der Waals surface area contributed by atoms with Gasteiger partial charge in [-0.3, -0.25) is 24.4 Å². The van der Waals surface area contributed by atoms with Crippen molar-refractivity contribution in [2.45, 2.75) is 39.0 Å². The zero-order chi connectivity index (χ0) is 19.5. The topological polar surface area (TPSA) is 116 Å². The smallest absolute Gasteiger partial charge is 0.308 e. The lowest BCUT2D eigenvalue weighted by atomic mass is 9.97. The van der Waals surface area contributed by atoms with Crippen LogP contribution in [-0.4, -0.2) is 72.7 Å². The SMILES string of the molecule is CCCC[C@H](CN(O)C=O)C(=O)NCC(=O)N1CCC(C(=O)OC)CC1. The first kappa shape index (κ1) is 21.9. The molecule has 26 heavy (non-hydrogen) atoms. The van der Waals surface area contributed by atoms with Crippen molar-refractivity contribution in [2.75, 3.05) is 33.3 Å². The molecule has 1 fully saturated rings. The van der Waals surface area contributed by atoms with Gasteiger partial charge in [-0.2, -0.15) is 0 Å². The highest BCUT2D eigenvalue weighted by Crippen LogP contribution is 2.18. The van der Waals surface area contributed by atoms with Crippen LogP contribution in [0.2, 0.25) is 0 Å². The number of rotatable bonds is 10. The van der Waals surface area contributed by atoms with Crippen molar-refractivity contribution in [1.29, 1.82) is 0 Å². The average Bonchev–Trinajstić information content (AvgIpc) is 2.68. The molecule has 0 saturated carbocycles. The fraction of sp³-hybridized carbons (Fsp3) is 0.765. The van der Waals surface area contributed by atoms with Crippen LogP contribution in [-0.2, 0) is 23.9 Å². The Kier molecular flexibility index (Phi) is 9.64. The fourth-order valence-corrected chi connectivity index (χ4v) is 2.97. The van der Waals surface area contributed by atoms with Crippen molar-refractivity contribution in [3.63, 3.8) is 0 Å². The first-order chi connectivity index (χ1) is 12.4. The summed E-state index contributed by atoms with van der Waals surface area (Å²) in [4.78, 5) is 48.2. The molecule has 0 aromatic heterocycles. The van der Waals surface area contributed by atoms with Crippen LogP contribution in [0, 0.1) is 11.8 Å². The second-order valence-corrected chi connectivity index (χ2v) is 6.46. The van der Waals surface area contributed by atoms with Gasteiger partial charge in [0.05, 0.1) is 32.0 Å². The lowest BCUT2D eigenvalue weighted by Crippen LogP contribution is -2.46. The highest BCUT2D eigenvalue weighted by Gasteiger charge is 2.28. The van der Waals surface area contributed by atoms with Crippen LogP contribution in [0.1, 0.15) is 39.0 Å². The number of carbonyl (C=O) groups is 4. The Morgan fingerprint density at radius 3 is 2.54 bits per heavy atom. The van der Waals surface area contributed by atoms with Crippen molar-refractivity contribution in [2.24, 2.45) is 11.8 Å². The molecule has 1 saturated heterocycles. The highest BCUT2D eigenvalue weighted by atomic mass is 16.5. The number of hydrogen-bond acceptors (Lipinski definition) is 6. The van der Waals surface area contributed by atoms with Gasteiger partial charge in [0.25, 0.3) is 0 Å². The standard InChI is InChI=1S/C17H29N3O6/c1-3-4-5-14(11-20(25)12-21)16(23)18-10-15(22)19-8-6-13(7-9-19)17(24)26-2/h12-14,25H,3-11H2,1-2H3,(H,18,23)/t14-/m1/s1. The molecular formula is C17H29N3O6. The van der Waals surface area contributed by atoms with Crippen LogP contribution in [0.5, 0.6) is 0 Å². The lowest BCUT2D eigenvalue weighted by Gasteiger charge is -2.31. The minimum absolute atomic E-state index is 0.103. The fourth-order valence-electron chi connectivity index (χ4n) is 2.97. The Labute approximate surface area is 153 Å². The number of hydroxylamine groups is 2. The van der Waals surface area contributed by atoms with E-state index in [-0.39, 0.29) is 43.2 Å². The summed E-state index contributed by atoms with van der Waals surface area (Å²) in [6, 6.07) is 0. The summed E-state index contributed by atoms with van der Waals surface area (Å²) < 4.78 is 4.72. The van der Waals surface area contributed by atoms with Gasteiger partial charge in [0.15, 0.2) is 0 Å². The third-order valence-corrected chi connectivity index (χ3v) is 4.60. The minimum Gasteiger partial charge on any atom is -0.469 e. The van der Waals surface area contributed by atoms with E-state index in [9.17, 15) is 24.4 Å². The molecule has 1 aliphatic rings. The first-order valence-electron chi connectivity index (χ1n) is 8.97. The van der Waals surface area contributed by atoms with Gasteiger partial charge < -0.3 is 15.0 Å². The zero-order valence-electron chi connectivity index (χ0n) is 15.5. The Bertz CT molecular complexity index is 491. The molecule has 0 bridgehead atoms. The Hall–Kier alpha value is -2.16. The molecule has 0 aromatic rings. The van der Waals surface area contributed by atoms with Crippen LogP contribution in [0.15, 0.2) is 0 Å². The summed E-state index contributed by atoms with van der Waals surface area (Å²) in [5.74, 6) is -1.59. The molecule has 3 amide bonds. The molecule has 1 atom stereocenters. The molecule has 2 N–H and O–H groups in total. The van der Waals surface area contributed by atoms with Crippen LogP contribution >= 0.6 is 0 Å². The number of ether oxygens (including phenoxy) is 1. The molecule has 1 rings (SSSR count). The molecule has 0 radical (unpaired) electrons. The van der Waals surface area contributed by atoms with Crippen LogP contribution in [0.25, 0.3) is 0 Å². The van der Waals surface area contributed by atoms with E-state index in [1.54, 1.807) is 4.90 Å². The van der Waals surface area contributed by atoms with Gasteiger partial charge in [-0.05, 0) is 19.3 Å². The number of nitrogens with zero attached hydrogens (tertiary/aromatic N) is 2. The van der Waals surface area contributed by atoms with Crippen LogP contribution < -0.4 is 5.32 Å². The third kappa shape index (κ3) is 6.99. The maximum atomic E-state index is 12.3. The Morgan fingerprint density at radius 2 is 2.00 bits per heavy atom. The average molecular weight is 371 g/mol. The number of esters is 1. The van der Waals surface area contributed by atoms with E-state index < -0.39 is 5.92 Å². The monoisotopic (exact) mass is 371 g/mol. The molecular weight excluding hydrogens is 342 g/mol. The Morgan fingerprint density at radius 1 is 1.35 bits per heavy atom. The van der Waals surface area contributed by atoms with Gasteiger partial charge >= 0.3 is 5.97 Å². The molecule has 0 aliphatic carbocycles. The molecule has 0 unspecified atom stereocenters. The van der Waals surface area contributed by atoms with Crippen LogP contribution in [0.4, 0.5) is 0 Å². The molecule has 9 heteroatoms. The molecule has 0 spiro atoms. The maximum absolute atomic E-state index is 12.3. The van der Waals surface area contributed by atoms with Crippen molar-refractivity contribution in [1.82, 2.24) is 15.3 Å². The summed E-state index contributed by atoms with van der Waals surface area (Å²) in [7, 11) is 1.35. The number of unbranched alkanes of at least 4 members (excludes halogenated alkanes) is 1. The number of carbonyl (C=O) groups excluding carboxylic acids is 4. The van der Waals surface area contributed by atoms with Gasteiger partial charge in [-0.1, -0.05) is 19.8 Å². The van der Waals surface area contributed by atoms with Crippen LogP contribution in [0.3, 0.4) is 0 Å². The van der Waals surface area contributed by atoms with Crippen molar-refractivity contribution in [3.8, 4) is 0 Å². The first-order valence-corrected chi connectivity index (χ1v) is 8.97. The van der Waals surface area contributed by atoms with Gasteiger partial charge in [0.1, 0.15) is 0 Å². The number of likely N-dealkylation sites (tertiary alicyclic amines) is 1. The Balaban J connectivity index is 2.45. The van der Waals surface area contributed by atoms with E-state index in [1.165, 1.54) is 7.11 Å². The van der Waals surface area contributed by atoms with E-state index in [0.717, 1.165) is 12.8 Å². The van der Waals surface area contributed by atoms with E-state index in [0.29, 0.717) is 37.4 Å². The summed E-state index contributed by atoms with van der Waals surface area (Å²) in [5, 5.41) is 12.4.